The molecule has 0 aliphatic heterocycles. The van der Waals surface area contributed by atoms with Gasteiger partial charge in [0.15, 0.2) is 0 Å². The Morgan fingerprint density at radius 1 is 1.14 bits per heavy atom. The second-order valence-corrected chi connectivity index (χ2v) is 5.18. The molecule has 1 heterocycles. The summed E-state index contributed by atoms with van der Waals surface area (Å²) in [5.74, 6) is 0.872. The highest BCUT2D eigenvalue weighted by molar-refractivity contribution is 5.92. The molecule has 4 heteroatoms. The number of fused-ring (bicyclic) bond motifs is 1. The lowest BCUT2D eigenvalue weighted by Crippen LogP contribution is -2.03. The van der Waals surface area contributed by atoms with Crippen molar-refractivity contribution in [2.24, 2.45) is 0 Å². The van der Waals surface area contributed by atoms with Crippen molar-refractivity contribution < 1.29 is 4.74 Å². The zero-order valence-electron chi connectivity index (χ0n) is 13.1. The number of aryl methyl sites for hydroxylation is 1. The van der Waals surface area contributed by atoms with Gasteiger partial charge in [0, 0.05) is 23.3 Å². The lowest BCUT2D eigenvalue weighted by Gasteiger charge is -2.11. The van der Waals surface area contributed by atoms with E-state index in [1.54, 1.807) is 7.11 Å². The molecule has 0 aliphatic rings. The van der Waals surface area contributed by atoms with Crippen LogP contribution in [0.3, 0.4) is 0 Å². The van der Waals surface area contributed by atoms with Crippen LogP contribution in [0.5, 0.6) is 5.75 Å². The maximum Gasteiger partial charge on any atom is 0.119 e. The van der Waals surface area contributed by atoms with E-state index >= 15 is 0 Å². The van der Waals surface area contributed by atoms with Crippen LogP contribution in [0.25, 0.3) is 10.9 Å². The van der Waals surface area contributed by atoms with Crippen molar-refractivity contribution in [1.82, 2.24) is 4.98 Å². The summed E-state index contributed by atoms with van der Waals surface area (Å²) >= 11 is 0. The molecule has 0 spiro atoms. The zero-order chi connectivity index (χ0) is 14.4. The Morgan fingerprint density at radius 3 is 2.67 bits per heavy atom. The fraction of sp³-hybridized carbons (Fsp3) is 0.471. The standard InChI is InChI=1S/C17H24N2O.ClH/c1-4-5-6-7-10-18-17-11-13(2)19-16-9-8-14(20-3)12-15(16)17;/h8-9,11-12H,4-7,10H2,1-3H3,(H,18,19);1H. The number of unbranched alkanes of at least 4 members (excludes halogenated alkanes) is 3. The van der Waals surface area contributed by atoms with E-state index < -0.39 is 0 Å². The number of hydrogen-bond acceptors (Lipinski definition) is 3. The minimum absolute atomic E-state index is 0. The van der Waals surface area contributed by atoms with Crippen molar-refractivity contribution >= 4 is 29.0 Å². The maximum absolute atomic E-state index is 5.31. The van der Waals surface area contributed by atoms with Gasteiger partial charge in [-0.05, 0) is 37.6 Å². The van der Waals surface area contributed by atoms with Crippen molar-refractivity contribution in [1.29, 1.82) is 0 Å². The van der Waals surface area contributed by atoms with E-state index in [1.165, 1.54) is 25.7 Å². The number of nitrogens with zero attached hydrogens (tertiary/aromatic N) is 1. The third-order valence-electron chi connectivity index (χ3n) is 3.49. The van der Waals surface area contributed by atoms with Gasteiger partial charge in [0.05, 0.1) is 12.6 Å². The summed E-state index contributed by atoms with van der Waals surface area (Å²) in [4.78, 5) is 4.57. The molecular weight excluding hydrogens is 284 g/mol. The molecule has 116 valence electrons. The van der Waals surface area contributed by atoms with Gasteiger partial charge in [-0.1, -0.05) is 26.2 Å². The molecule has 1 aromatic carbocycles. The topological polar surface area (TPSA) is 34.2 Å². The number of anilines is 1. The predicted octanol–water partition coefficient (Wildman–Crippen LogP) is 4.97. The van der Waals surface area contributed by atoms with Crippen LogP contribution in [0.15, 0.2) is 24.3 Å². The number of aromatic nitrogens is 1. The fourth-order valence-corrected chi connectivity index (χ4v) is 2.39. The molecule has 0 radical (unpaired) electrons. The third kappa shape index (κ3) is 4.78. The molecule has 1 aromatic heterocycles. The molecule has 0 amide bonds. The molecule has 2 rings (SSSR count). The molecular formula is C17H25ClN2O. The smallest absolute Gasteiger partial charge is 0.119 e. The van der Waals surface area contributed by atoms with Crippen LogP contribution in [0.1, 0.15) is 38.3 Å². The summed E-state index contributed by atoms with van der Waals surface area (Å²) in [5.41, 5.74) is 3.21. The number of rotatable bonds is 7. The summed E-state index contributed by atoms with van der Waals surface area (Å²) in [6, 6.07) is 8.14. The van der Waals surface area contributed by atoms with Gasteiger partial charge < -0.3 is 10.1 Å². The van der Waals surface area contributed by atoms with Crippen molar-refractivity contribution in [2.75, 3.05) is 19.0 Å². The lowest BCUT2D eigenvalue weighted by molar-refractivity contribution is 0.415. The molecule has 0 atom stereocenters. The number of hydrogen-bond donors (Lipinski definition) is 1. The van der Waals surface area contributed by atoms with Gasteiger partial charge in [-0.15, -0.1) is 12.4 Å². The summed E-state index contributed by atoms with van der Waals surface area (Å²) in [7, 11) is 1.70. The van der Waals surface area contributed by atoms with Crippen molar-refractivity contribution in [3.05, 3.63) is 30.0 Å². The number of pyridine rings is 1. The highest BCUT2D eigenvalue weighted by Crippen LogP contribution is 2.27. The first-order valence-electron chi connectivity index (χ1n) is 7.44. The van der Waals surface area contributed by atoms with Gasteiger partial charge in [0.1, 0.15) is 5.75 Å². The van der Waals surface area contributed by atoms with Gasteiger partial charge >= 0.3 is 0 Å². The highest BCUT2D eigenvalue weighted by atomic mass is 35.5. The second kappa shape index (κ2) is 8.73. The first-order valence-corrected chi connectivity index (χ1v) is 7.44. The number of halogens is 1. The largest absolute Gasteiger partial charge is 0.497 e. The molecule has 3 nitrogen and oxygen atoms in total. The number of ether oxygens (including phenoxy) is 1. The molecule has 0 aliphatic carbocycles. The molecule has 0 unspecified atom stereocenters. The first kappa shape index (κ1) is 17.6. The Balaban J connectivity index is 0.00000220. The Hall–Kier alpha value is -1.48. The van der Waals surface area contributed by atoms with Crippen LogP contribution in [-0.2, 0) is 0 Å². The molecule has 0 saturated heterocycles. The molecule has 0 saturated carbocycles. The SMILES string of the molecule is CCCCCCNc1cc(C)nc2ccc(OC)cc12.Cl. The minimum Gasteiger partial charge on any atom is -0.497 e. The molecule has 0 bridgehead atoms. The highest BCUT2D eigenvalue weighted by Gasteiger charge is 2.05. The monoisotopic (exact) mass is 308 g/mol. The van der Waals surface area contributed by atoms with Gasteiger partial charge in [-0.2, -0.15) is 0 Å². The van der Waals surface area contributed by atoms with Crippen LogP contribution in [0.2, 0.25) is 0 Å². The van der Waals surface area contributed by atoms with Gasteiger partial charge in [0.25, 0.3) is 0 Å². The maximum atomic E-state index is 5.31. The van der Waals surface area contributed by atoms with Gasteiger partial charge in [-0.3, -0.25) is 4.98 Å². The average molecular weight is 309 g/mol. The van der Waals surface area contributed by atoms with Gasteiger partial charge in [-0.25, -0.2) is 0 Å². The fourth-order valence-electron chi connectivity index (χ4n) is 2.39. The van der Waals surface area contributed by atoms with Crippen molar-refractivity contribution in [2.45, 2.75) is 39.5 Å². The van der Waals surface area contributed by atoms with E-state index in [1.807, 2.05) is 19.1 Å². The molecule has 0 fully saturated rings. The summed E-state index contributed by atoms with van der Waals surface area (Å²) in [5, 5.41) is 4.67. The summed E-state index contributed by atoms with van der Waals surface area (Å²) in [6.45, 7) is 5.28. The zero-order valence-corrected chi connectivity index (χ0v) is 13.9. The van der Waals surface area contributed by atoms with Gasteiger partial charge in [0.2, 0.25) is 0 Å². The summed E-state index contributed by atoms with van der Waals surface area (Å²) in [6.07, 6.45) is 5.08. The van der Waals surface area contributed by atoms with E-state index in [-0.39, 0.29) is 12.4 Å². The number of nitrogens with one attached hydrogen (secondary N) is 1. The lowest BCUT2D eigenvalue weighted by atomic mass is 10.1. The molecule has 2 aromatic rings. The van der Waals surface area contributed by atoms with E-state index in [0.29, 0.717) is 0 Å². The quantitative estimate of drug-likeness (QED) is 0.734. The van der Waals surface area contributed by atoms with Crippen LogP contribution < -0.4 is 10.1 Å². The second-order valence-electron chi connectivity index (χ2n) is 5.18. The van der Waals surface area contributed by atoms with E-state index in [2.05, 4.69) is 29.4 Å². The Kier molecular flexibility index (Phi) is 7.30. The number of methoxy groups -OCH3 is 1. The third-order valence-corrected chi connectivity index (χ3v) is 3.49. The van der Waals surface area contributed by atoms with Crippen LogP contribution in [0, 0.1) is 6.92 Å². The predicted molar refractivity (Wildman–Crippen MR) is 92.9 cm³/mol. The minimum atomic E-state index is 0. The Bertz CT molecular complexity index is 572. The Morgan fingerprint density at radius 2 is 1.95 bits per heavy atom. The summed E-state index contributed by atoms with van der Waals surface area (Å²) < 4.78 is 5.31. The van der Waals surface area contributed by atoms with E-state index in [9.17, 15) is 0 Å². The average Bonchev–Trinajstić information content (AvgIpc) is 2.46. The van der Waals surface area contributed by atoms with Crippen LogP contribution in [-0.4, -0.2) is 18.6 Å². The normalized spacial score (nSPS) is 10.2. The first-order chi connectivity index (χ1) is 9.74. The van der Waals surface area contributed by atoms with E-state index in [4.69, 9.17) is 4.74 Å². The van der Waals surface area contributed by atoms with Crippen LogP contribution in [0.4, 0.5) is 5.69 Å². The van der Waals surface area contributed by atoms with E-state index in [0.717, 1.165) is 34.6 Å². The molecule has 21 heavy (non-hydrogen) atoms. The number of benzene rings is 1. The van der Waals surface area contributed by atoms with Crippen LogP contribution >= 0.6 is 12.4 Å². The Labute approximate surface area is 133 Å². The molecule has 1 N–H and O–H groups in total. The van der Waals surface area contributed by atoms with Crippen molar-refractivity contribution in [3.8, 4) is 5.75 Å². The van der Waals surface area contributed by atoms with Crippen molar-refractivity contribution in [3.63, 3.8) is 0 Å².